The van der Waals surface area contributed by atoms with Gasteiger partial charge in [0.2, 0.25) is 5.91 Å². The number of amides is 1. The fourth-order valence-electron chi connectivity index (χ4n) is 3.35. The first-order valence-corrected chi connectivity index (χ1v) is 9.92. The van der Waals surface area contributed by atoms with Crippen molar-refractivity contribution in [1.29, 1.82) is 5.26 Å². The Hall–Kier alpha value is -2.75. The molecule has 1 atom stereocenters. The average molecular weight is 414 g/mol. The van der Waals surface area contributed by atoms with Gasteiger partial charge in [0.05, 0.1) is 26.2 Å². The summed E-state index contributed by atoms with van der Waals surface area (Å²) in [6.45, 7) is 2.83. The molecule has 29 heavy (non-hydrogen) atoms. The SMILES string of the molecule is COc1ccc(C(C#N)N2CCN(C(=O)CCOc3cccc(Cl)c3)CC2)cc1. The molecule has 0 N–H and O–H groups in total. The Morgan fingerprint density at radius 3 is 2.48 bits per heavy atom. The minimum atomic E-state index is -0.329. The van der Waals surface area contributed by atoms with Crippen LogP contribution in [-0.2, 0) is 4.79 Å². The molecule has 0 aromatic heterocycles. The van der Waals surface area contributed by atoms with E-state index in [0.717, 1.165) is 11.3 Å². The normalized spacial score (nSPS) is 15.4. The summed E-state index contributed by atoms with van der Waals surface area (Å²) in [5, 5.41) is 10.3. The highest BCUT2D eigenvalue weighted by atomic mass is 35.5. The summed E-state index contributed by atoms with van der Waals surface area (Å²) < 4.78 is 10.8. The lowest BCUT2D eigenvalue weighted by Gasteiger charge is -2.37. The predicted molar refractivity (Wildman–Crippen MR) is 111 cm³/mol. The van der Waals surface area contributed by atoms with E-state index in [0.29, 0.717) is 50.0 Å². The third-order valence-corrected chi connectivity index (χ3v) is 5.20. The molecule has 0 spiro atoms. The molecule has 1 unspecified atom stereocenters. The van der Waals surface area contributed by atoms with E-state index in [-0.39, 0.29) is 11.9 Å². The van der Waals surface area contributed by atoms with Gasteiger partial charge in [-0.1, -0.05) is 29.8 Å². The van der Waals surface area contributed by atoms with E-state index < -0.39 is 0 Å². The molecule has 0 aliphatic carbocycles. The smallest absolute Gasteiger partial charge is 0.226 e. The van der Waals surface area contributed by atoms with Gasteiger partial charge < -0.3 is 14.4 Å². The number of ether oxygens (including phenoxy) is 2. The molecule has 3 rings (SSSR count). The highest BCUT2D eigenvalue weighted by Crippen LogP contribution is 2.24. The molecule has 2 aromatic carbocycles. The van der Waals surface area contributed by atoms with Gasteiger partial charge in [-0.25, -0.2) is 0 Å². The number of hydrogen-bond acceptors (Lipinski definition) is 5. The largest absolute Gasteiger partial charge is 0.497 e. The molecule has 7 heteroatoms. The second-order valence-corrected chi connectivity index (χ2v) is 7.21. The highest BCUT2D eigenvalue weighted by Gasteiger charge is 2.27. The molecule has 0 bridgehead atoms. The van der Waals surface area contributed by atoms with Crippen LogP contribution in [0.5, 0.6) is 11.5 Å². The number of benzene rings is 2. The molecule has 0 radical (unpaired) electrons. The summed E-state index contributed by atoms with van der Waals surface area (Å²) >= 11 is 5.93. The molecule has 1 fully saturated rings. The number of hydrogen-bond donors (Lipinski definition) is 0. The number of halogens is 1. The number of carbonyl (C=O) groups is 1. The number of methoxy groups -OCH3 is 1. The number of carbonyl (C=O) groups excluding carboxylic acids is 1. The number of nitriles is 1. The standard InChI is InChI=1S/C22H24ClN3O3/c1-28-19-7-5-17(6-8-19)21(16-24)25-10-12-26(13-11-25)22(27)9-14-29-20-4-2-3-18(23)15-20/h2-8,15,21H,9-14H2,1H3. The van der Waals surface area contributed by atoms with Gasteiger partial charge in [-0.2, -0.15) is 5.26 Å². The maximum Gasteiger partial charge on any atom is 0.226 e. The zero-order valence-electron chi connectivity index (χ0n) is 16.4. The fourth-order valence-corrected chi connectivity index (χ4v) is 3.53. The lowest BCUT2D eigenvalue weighted by molar-refractivity contribution is -0.133. The van der Waals surface area contributed by atoms with Crippen LogP contribution < -0.4 is 9.47 Å². The van der Waals surface area contributed by atoms with Crippen LogP contribution in [0.2, 0.25) is 5.02 Å². The van der Waals surface area contributed by atoms with Gasteiger partial charge in [0, 0.05) is 31.2 Å². The molecule has 152 valence electrons. The first kappa shape index (κ1) is 21.0. The summed E-state index contributed by atoms with van der Waals surface area (Å²) in [7, 11) is 1.62. The summed E-state index contributed by atoms with van der Waals surface area (Å²) in [5.74, 6) is 1.48. The second-order valence-electron chi connectivity index (χ2n) is 6.78. The molecule has 2 aromatic rings. The number of nitrogens with zero attached hydrogens (tertiary/aromatic N) is 3. The van der Waals surface area contributed by atoms with Crippen LogP contribution in [0, 0.1) is 11.3 Å². The highest BCUT2D eigenvalue weighted by molar-refractivity contribution is 6.30. The van der Waals surface area contributed by atoms with Crippen molar-refractivity contribution in [3.05, 3.63) is 59.1 Å². The first-order chi connectivity index (χ1) is 14.1. The molecule has 6 nitrogen and oxygen atoms in total. The van der Waals surface area contributed by atoms with Gasteiger partial charge >= 0.3 is 0 Å². The van der Waals surface area contributed by atoms with E-state index in [9.17, 15) is 10.1 Å². The van der Waals surface area contributed by atoms with Crippen molar-refractivity contribution in [2.24, 2.45) is 0 Å². The van der Waals surface area contributed by atoms with Crippen LogP contribution in [0.25, 0.3) is 0 Å². The van der Waals surface area contributed by atoms with Gasteiger partial charge in [0.1, 0.15) is 17.5 Å². The van der Waals surface area contributed by atoms with Crippen molar-refractivity contribution in [3.63, 3.8) is 0 Å². The Bertz CT molecular complexity index is 858. The van der Waals surface area contributed by atoms with Gasteiger partial charge in [-0.05, 0) is 35.9 Å². The number of piperazine rings is 1. The van der Waals surface area contributed by atoms with E-state index in [1.165, 1.54) is 0 Å². The summed E-state index contributed by atoms with van der Waals surface area (Å²) in [5.41, 5.74) is 0.933. The van der Waals surface area contributed by atoms with Crippen LogP contribution in [0.1, 0.15) is 18.0 Å². The van der Waals surface area contributed by atoms with Gasteiger partial charge in [0.25, 0.3) is 0 Å². The average Bonchev–Trinajstić information content (AvgIpc) is 2.75. The minimum absolute atomic E-state index is 0.0598. The van der Waals surface area contributed by atoms with Crippen molar-refractivity contribution in [2.45, 2.75) is 12.5 Å². The van der Waals surface area contributed by atoms with E-state index in [4.69, 9.17) is 21.1 Å². The fraction of sp³-hybridized carbons (Fsp3) is 0.364. The van der Waals surface area contributed by atoms with Crippen molar-refractivity contribution >= 4 is 17.5 Å². The summed E-state index contributed by atoms with van der Waals surface area (Å²) in [6.07, 6.45) is 0.312. The molecule has 1 aliphatic heterocycles. The molecule has 1 amide bonds. The van der Waals surface area contributed by atoms with Crippen molar-refractivity contribution < 1.29 is 14.3 Å². The predicted octanol–water partition coefficient (Wildman–Crippen LogP) is 3.53. The Morgan fingerprint density at radius 1 is 1.14 bits per heavy atom. The summed E-state index contributed by atoms with van der Waals surface area (Å²) in [6, 6.07) is 16.7. The lowest BCUT2D eigenvalue weighted by atomic mass is 10.1. The molecule has 1 heterocycles. The quantitative estimate of drug-likeness (QED) is 0.694. The van der Waals surface area contributed by atoms with Crippen molar-refractivity contribution in [3.8, 4) is 17.6 Å². The van der Waals surface area contributed by atoms with E-state index in [1.807, 2.05) is 41.3 Å². The lowest BCUT2D eigenvalue weighted by Crippen LogP contribution is -2.49. The zero-order valence-corrected chi connectivity index (χ0v) is 17.1. The molecule has 1 saturated heterocycles. The van der Waals surface area contributed by atoms with E-state index >= 15 is 0 Å². The van der Waals surface area contributed by atoms with Crippen LogP contribution in [0.15, 0.2) is 48.5 Å². The van der Waals surface area contributed by atoms with Crippen LogP contribution in [0.4, 0.5) is 0 Å². The minimum Gasteiger partial charge on any atom is -0.497 e. The first-order valence-electron chi connectivity index (χ1n) is 9.54. The monoisotopic (exact) mass is 413 g/mol. The maximum absolute atomic E-state index is 12.5. The van der Waals surface area contributed by atoms with Crippen molar-refractivity contribution in [2.75, 3.05) is 39.9 Å². The molecular weight excluding hydrogens is 390 g/mol. The third kappa shape index (κ3) is 5.63. The Balaban J connectivity index is 1.47. The zero-order chi connectivity index (χ0) is 20.6. The summed E-state index contributed by atoms with van der Waals surface area (Å²) in [4.78, 5) is 16.4. The van der Waals surface area contributed by atoms with Crippen LogP contribution >= 0.6 is 11.6 Å². The van der Waals surface area contributed by atoms with E-state index in [1.54, 1.807) is 19.2 Å². The van der Waals surface area contributed by atoms with Crippen molar-refractivity contribution in [1.82, 2.24) is 9.80 Å². The van der Waals surface area contributed by atoms with Gasteiger partial charge in [-0.15, -0.1) is 0 Å². The number of rotatable bonds is 7. The Kier molecular flexibility index (Phi) is 7.34. The van der Waals surface area contributed by atoms with Crippen LogP contribution in [-0.4, -0.2) is 55.6 Å². The third-order valence-electron chi connectivity index (χ3n) is 4.97. The molecule has 1 aliphatic rings. The van der Waals surface area contributed by atoms with Gasteiger partial charge in [-0.3, -0.25) is 9.69 Å². The maximum atomic E-state index is 12.5. The topological polar surface area (TPSA) is 65.8 Å². The second kappa shape index (κ2) is 10.1. The molecule has 0 saturated carbocycles. The van der Waals surface area contributed by atoms with E-state index in [2.05, 4.69) is 11.0 Å². The Morgan fingerprint density at radius 2 is 1.86 bits per heavy atom. The Labute approximate surface area is 176 Å². The van der Waals surface area contributed by atoms with Gasteiger partial charge in [0.15, 0.2) is 0 Å². The van der Waals surface area contributed by atoms with Crippen LogP contribution in [0.3, 0.4) is 0 Å². The molecular formula is C22H24ClN3O3.